The Labute approximate surface area is 118 Å². The fourth-order valence-corrected chi connectivity index (χ4v) is 2.32. The van der Waals surface area contributed by atoms with Crippen molar-refractivity contribution in [3.8, 4) is 0 Å². The van der Waals surface area contributed by atoms with Gasteiger partial charge in [-0.25, -0.2) is 4.79 Å². The number of hydrogen-bond acceptors (Lipinski definition) is 3. The van der Waals surface area contributed by atoms with Crippen molar-refractivity contribution in [2.75, 3.05) is 6.54 Å². The average molecular weight is 305 g/mol. The summed E-state index contributed by atoms with van der Waals surface area (Å²) in [6.45, 7) is -0.108. The average Bonchev–Trinajstić information content (AvgIpc) is 2.87. The molecule has 1 unspecified atom stereocenters. The summed E-state index contributed by atoms with van der Waals surface area (Å²) < 4.78 is 38.1. The van der Waals surface area contributed by atoms with Crippen LogP contribution in [0.15, 0.2) is 12.3 Å². The molecule has 1 aromatic heterocycles. The Hall–Kier alpha value is -2.06. The molecule has 0 bridgehead atoms. The molecule has 0 radical (unpaired) electrons. The van der Waals surface area contributed by atoms with E-state index in [0.717, 1.165) is 16.9 Å². The van der Waals surface area contributed by atoms with E-state index in [9.17, 15) is 22.8 Å². The SMILES string of the molecule is O=C(O)C1CCCCN1C(=O)Cn1ccc(C(F)(F)F)n1. The molecular formula is C12H14F3N3O3. The fraction of sp³-hybridized carbons (Fsp3) is 0.583. The first kappa shape index (κ1) is 15.3. The van der Waals surface area contributed by atoms with Crippen molar-refractivity contribution in [1.29, 1.82) is 0 Å². The number of alkyl halides is 3. The van der Waals surface area contributed by atoms with Crippen molar-refractivity contribution >= 4 is 11.9 Å². The number of rotatable bonds is 3. The summed E-state index contributed by atoms with van der Waals surface area (Å²) in [6.07, 6.45) is -1.76. The van der Waals surface area contributed by atoms with Crippen molar-refractivity contribution in [2.45, 2.75) is 38.0 Å². The van der Waals surface area contributed by atoms with E-state index in [1.807, 2.05) is 0 Å². The highest BCUT2D eigenvalue weighted by molar-refractivity contribution is 5.83. The second-order valence-corrected chi connectivity index (χ2v) is 4.83. The van der Waals surface area contributed by atoms with E-state index in [4.69, 9.17) is 5.11 Å². The maximum absolute atomic E-state index is 12.4. The topological polar surface area (TPSA) is 75.4 Å². The zero-order chi connectivity index (χ0) is 15.6. The van der Waals surface area contributed by atoms with E-state index in [1.165, 1.54) is 4.90 Å². The Morgan fingerprint density at radius 2 is 2.10 bits per heavy atom. The minimum absolute atomic E-state index is 0.295. The number of hydrogen-bond donors (Lipinski definition) is 1. The fourth-order valence-electron chi connectivity index (χ4n) is 2.32. The molecule has 1 aromatic rings. The van der Waals surface area contributed by atoms with Crippen molar-refractivity contribution in [3.63, 3.8) is 0 Å². The number of halogens is 3. The monoisotopic (exact) mass is 305 g/mol. The summed E-state index contributed by atoms with van der Waals surface area (Å²) in [5.41, 5.74) is -1.08. The molecule has 21 heavy (non-hydrogen) atoms. The van der Waals surface area contributed by atoms with Crippen molar-refractivity contribution in [1.82, 2.24) is 14.7 Å². The van der Waals surface area contributed by atoms with Gasteiger partial charge in [-0.1, -0.05) is 0 Å². The molecule has 0 aliphatic carbocycles. The van der Waals surface area contributed by atoms with Crippen molar-refractivity contribution in [2.24, 2.45) is 0 Å². The third-order valence-corrected chi connectivity index (χ3v) is 3.34. The summed E-state index contributed by atoms with van der Waals surface area (Å²) in [7, 11) is 0. The highest BCUT2D eigenvalue weighted by Gasteiger charge is 2.35. The van der Waals surface area contributed by atoms with Crippen LogP contribution in [0, 0.1) is 0 Å². The Bertz CT molecular complexity index is 541. The third kappa shape index (κ3) is 3.53. The Morgan fingerprint density at radius 1 is 1.38 bits per heavy atom. The molecule has 0 spiro atoms. The van der Waals surface area contributed by atoms with Gasteiger partial charge in [-0.2, -0.15) is 18.3 Å². The number of carbonyl (C=O) groups excluding carboxylic acids is 1. The first-order valence-corrected chi connectivity index (χ1v) is 6.42. The van der Waals surface area contributed by atoms with Gasteiger partial charge in [0.15, 0.2) is 5.69 Å². The Balaban J connectivity index is 2.06. The number of amides is 1. The van der Waals surface area contributed by atoms with Crippen LogP contribution in [0.4, 0.5) is 13.2 Å². The number of carbonyl (C=O) groups is 2. The number of likely N-dealkylation sites (tertiary alicyclic amines) is 1. The molecule has 0 aromatic carbocycles. The predicted molar refractivity (Wildman–Crippen MR) is 64.2 cm³/mol. The van der Waals surface area contributed by atoms with Gasteiger partial charge in [-0.15, -0.1) is 0 Å². The predicted octanol–water partition coefficient (Wildman–Crippen LogP) is 1.37. The van der Waals surface area contributed by atoms with Crippen LogP contribution in [0.1, 0.15) is 25.0 Å². The van der Waals surface area contributed by atoms with Crippen LogP contribution < -0.4 is 0 Å². The molecular weight excluding hydrogens is 291 g/mol. The number of aromatic nitrogens is 2. The summed E-state index contributed by atoms with van der Waals surface area (Å²) in [4.78, 5) is 24.3. The molecule has 0 saturated carbocycles. The van der Waals surface area contributed by atoms with Gasteiger partial charge in [-0.05, 0) is 25.3 Å². The maximum atomic E-state index is 12.4. The lowest BCUT2D eigenvalue weighted by molar-refractivity contribution is -0.152. The minimum Gasteiger partial charge on any atom is -0.480 e. The molecule has 116 valence electrons. The highest BCUT2D eigenvalue weighted by Crippen LogP contribution is 2.27. The summed E-state index contributed by atoms with van der Waals surface area (Å²) in [5, 5.41) is 12.4. The van der Waals surface area contributed by atoms with E-state index in [-0.39, 0.29) is 0 Å². The summed E-state index contributed by atoms with van der Waals surface area (Å²) in [6, 6.07) is -0.137. The quantitative estimate of drug-likeness (QED) is 0.915. The smallest absolute Gasteiger partial charge is 0.435 e. The van der Waals surface area contributed by atoms with Gasteiger partial charge in [0.25, 0.3) is 0 Å². The number of aliphatic carboxylic acids is 1. The second kappa shape index (κ2) is 5.74. The molecule has 1 aliphatic heterocycles. The molecule has 2 heterocycles. The number of carboxylic acids is 1. The maximum Gasteiger partial charge on any atom is 0.435 e. The van der Waals surface area contributed by atoms with Crippen molar-refractivity contribution in [3.05, 3.63) is 18.0 Å². The first-order chi connectivity index (χ1) is 9.79. The first-order valence-electron chi connectivity index (χ1n) is 6.42. The van der Waals surface area contributed by atoms with Crippen molar-refractivity contribution < 1.29 is 27.9 Å². The normalized spacial score (nSPS) is 19.6. The third-order valence-electron chi connectivity index (χ3n) is 3.34. The van der Waals surface area contributed by atoms with E-state index >= 15 is 0 Å². The van der Waals surface area contributed by atoms with Crippen LogP contribution >= 0.6 is 0 Å². The molecule has 1 amide bonds. The Kier molecular flexibility index (Phi) is 4.19. The van der Waals surface area contributed by atoms with Gasteiger partial charge < -0.3 is 10.0 Å². The summed E-state index contributed by atoms with van der Waals surface area (Å²) in [5.74, 6) is -1.64. The Morgan fingerprint density at radius 3 is 2.67 bits per heavy atom. The van der Waals surface area contributed by atoms with E-state index in [0.29, 0.717) is 25.8 Å². The zero-order valence-electron chi connectivity index (χ0n) is 11.0. The molecule has 1 saturated heterocycles. The summed E-state index contributed by atoms with van der Waals surface area (Å²) >= 11 is 0. The number of carboxylic acid groups (broad SMARTS) is 1. The van der Waals surface area contributed by atoms with Gasteiger partial charge in [0.05, 0.1) is 0 Å². The van der Waals surface area contributed by atoms with E-state index in [1.54, 1.807) is 0 Å². The number of piperidine rings is 1. The van der Waals surface area contributed by atoms with Crippen LogP contribution in [0.25, 0.3) is 0 Å². The number of nitrogens with zero attached hydrogens (tertiary/aromatic N) is 3. The van der Waals surface area contributed by atoms with Gasteiger partial charge in [-0.3, -0.25) is 9.48 Å². The molecule has 1 atom stereocenters. The largest absolute Gasteiger partial charge is 0.480 e. The highest BCUT2D eigenvalue weighted by atomic mass is 19.4. The van der Waals surface area contributed by atoms with Gasteiger partial charge in [0.2, 0.25) is 5.91 Å². The molecule has 6 nitrogen and oxygen atoms in total. The lowest BCUT2D eigenvalue weighted by Crippen LogP contribution is -2.49. The van der Waals surface area contributed by atoms with Gasteiger partial charge >= 0.3 is 12.1 Å². The lowest BCUT2D eigenvalue weighted by Gasteiger charge is -2.32. The van der Waals surface area contributed by atoms with Gasteiger partial charge in [0, 0.05) is 12.7 Å². The van der Waals surface area contributed by atoms with E-state index < -0.39 is 36.3 Å². The lowest BCUT2D eigenvalue weighted by atomic mass is 10.0. The zero-order valence-corrected chi connectivity index (χ0v) is 11.0. The van der Waals surface area contributed by atoms with Crippen LogP contribution in [0.5, 0.6) is 0 Å². The van der Waals surface area contributed by atoms with E-state index in [2.05, 4.69) is 5.10 Å². The molecule has 1 N–H and O–H groups in total. The standard InChI is InChI=1S/C12H14F3N3O3/c13-12(14,15)9-4-6-17(16-9)7-10(19)18-5-2-1-3-8(18)11(20)21/h4,6,8H,1-3,5,7H2,(H,20,21). The molecule has 1 fully saturated rings. The second-order valence-electron chi connectivity index (χ2n) is 4.83. The minimum atomic E-state index is -4.57. The van der Waals surface area contributed by atoms with Crippen LogP contribution in [-0.2, 0) is 22.3 Å². The molecule has 1 aliphatic rings. The van der Waals surface area contributed by atoms with Crippen LogP contribution in [0.2, 0.25) is 0 Å². The van der Waals surface area contributed by atoms with Crippen LogP contribution in [-0.4, -0.2) is 44.3 Å². The molecule has 9 heteroatoms. The van der Waals surface area contributed by atoms with Crippen LogP contribution in [0.3, 0.4) is 0 Å². The van der Waals surface area contributed by atoms with Gasteiger partial charge in [0.1, 0.15) is 12.6 Å². The molecule has 2 rings (SSSR count).